The molecule has 2 amide bonds. The Morgan fingerprint density at radius 2 is 1.91 bits per heavy atom. The second-order valence-corrected chi connectivity index (χ2v) is 7.04. The van der Waals surface area contributed by atoms with Gasteiger partial charge in [-0.1, -0.05) is 30.3 Å². The van der Waals surface area contributed by atoms with Crippen LogP contribution < -0.4 is 10.6 Å². The molecule has 1 atom stereocenters. The number of thiophene rings is 1. The smallest absolute Gasteiger partial charge is 0.262 e. The summed E-state index contributed by atoms with van der Waals surface area (Å²) in [6.07, 6.45) is 1.94. The molecule has 0 unspecified atom stereocenters. The number of carbonyl (C=O) groups is 2. The lowest BCUT2D eigenvalue weighted by molar-refractivity contribution is -0.117. The van der Waals surface area contributed by atoms with Gasteiger partial charge >= 0.3 is 0 Å². The lowest BCUT2D eigenvalue weighted by Gasteiger charge is -2.13. The van der Waals surface area contributed by atoms with E-state index < -0.39 is 0 Å². The first-order chi connectivity index (χ1) is 11.0. The van der Waals surface area contributed by atoms with Crippen molar-refractivity contribution in [2.75, 3.05) is 5.32 Å². The SMILES string of the molecule is Cc1cc(NC(=O)C2CC2)sc1C(=O)N[C@H](C)c1ccccc1. The second kappa shape index (κ2) is 6.54. The first-order valence-corrected chi connectivity index (χ1v) is 8.63. The molecule has 1 aromatic heterocycles. The molecule has 1 aliphatic rings. The molecule has 4 nitrogen and oxygen atoms in total. The van der Waals surface area contributed by atoms with Crippen LogP contribution in [-0.2, 0) is 4.79 Å². The summed E-state index contributed by atoms with van der Waals surface area (Å²) in [6.45, 7) is 3.86. The van der Waals surface area contributed by atoms with Gasteiger partial charge in [-0.3, -0.25) is 9.59 Å². The van der Waals surface area contributed by atoms with Crippen LogP contribution >= 0.6 is 11.3 Å². The fraction of sp³-hybridized carbons (Fsp3) is 0.333. The maximum atomic E-state index is 12.5. The van der Waals surface area contributed by atoms with Crippen molar-refractivity contribution in [2.45, 2.75) is 32.7 Å². The van der Waals surface area contributed by atoms with Crippen LogP contribution in [0.1, 0.15) is 46.6 Å². The highest BCUT2D eigenvalue weighted by Gasteiger charge is 2.30. The normalized spacial score (nSPS) is 15.0. The van der Waals surface area contributed by atoms with Crippen LogP contribution in [0.3, 0.4) is 0 Å². The van der Waals surface area contributed by atoms with E-state index in [9.17, 15) is 9.59 Å². The largest absolute Gasteiger partial charge is 0.345 e. The van der Waals surface area contributed by atoms with E-state index in [0.29, 0.717) is 4.88 Å². The summed E-state index contributed by atoms with van der Waals surface area (Å²) in [6, 6.07) is 11.7. The molecule has 0 bridgehead atoms. The van der Waals surface area contributed by atoms with Gasteiger partial charge in [0.05, 0.1) is 15.9 Å². The number of hydrogen-bond acceptors (Lipinski definition) is 3. The summed E-state index contributed by atoms with van der Waals surface area (Å²) in [5.41, 5.74) is 1.95. The average Bonchev–Trinajstić information content (AvgIpc) is 3.32. The third-order valence-electron chi connectivity index (χ3n) is 3.97. The maximum absolute atomic E-state index is 12.5. The van der Waals surface area contributed by atoms with Crippen LogP contribution in [0.4, 0.5) is 5.00 Å². The summed E-state index contributed by atoms with van der Waals surface area (Å²) in [5.74, 6) is 0.124. The van der Waals surface area contributed by atoms with Crippen molar-refractivity contribution in [2.24, 2.45) is 5.92 Å². The molecule has 0 radical (unpaired) electrons. The number of nitrogens with one attached hydrogen (secondary N) is 2. The number of rotatable bonds is 5. The van der Waals surface area contributed by atoms with Gasteiger partial charge in [0.25, 0.3) is 5.91 Å². The summed E-state index contributed by atoms with van der Waals surface area (Å²) in [4.78, 5) is 25.0. The summed E-state index contributed by atoms with van der Waals surface area (Å²) >= 11 is 1.33. The number of amides is 2. The fourth-order valence-corrected chi connectivity index (χ4v) is 3.40. The van der Waals surface area contributed by atoms with Gasteiger partial charge in [0.15, 0.2) is 0 Å². The Kier molecular flexibility index (Phi) is 4.48. The molecule has 0 aliphatic heterocycles. The van der Waals surface area contributed by atoms with Crippen LogP contribution in [-0.4, -0.2) is 11.8 Å². The highest BCUT2D eigenvalue weighted by atomic mass is 32.1. The average molecular weight is 328 g/mol. The zero-order valence-electron chi connectivity index (χ0n) is 13.3. The standard InChI is InChI=1S/C18H20N2O2S/c1-11-10-15(20-17(21)14-8-9-14)23-16(11)18(22)19-12(2)13-6-4-3-5-7-13/h3-7,10,12,14H,8-9H2,1-2H3,(H,19,22)(H,20,21)/t12-/m1/s1. The van der Waals surface area contributed by atoms with Crippen molar-refractivity contribution in [3.63, 3.8) is 0 Å². The lowest BCUT2D eigenvalue weighted by atomic mass is 10.1. The third kappa shape index (κ3) is 3.79. The van der Waals surface area contributed by atoms with Gasteiger partial charge < -0.3 is 10.6 Å². The van der Waals surface area contributed by atoms with Crippen LogP contribution in [0, 0.1) is 12.8 Å². The molecule has 2 aromatic rings. The predicted molar refractivity (Wildman–Crippen MR) is 92.7 cm³/mol. The van der Waals surface area contributed by atoms with Crippen molar-refractivity contribution in [1.82, 2.24) is 5.32 Å². The molecule has 1 aromatic carbocycles. The molecule has 1 aliphatic carbocycles. The van der Waals surface area contributed by atoms with E-state index in [1.807, 2.05) is 50.2 Å². The fourth-order valence-electron chi connectivity index (χ4n) is 2.43. The van der Waals surface area contributed by atoms with Gasteiger partial charge in [-0.2, -0.15) is 0 Å². The van der Waals surface area contributed by atoms with Gasteiger partial charge in [0.1, 0.15) is 0 Å². The van der Waals surface area contributed by atoms with E-state index in [1.54, 1.807) is 0 Å². The monoisotopic (exact) mass is 328 g/mol. The number of benzene rings is 1. The quantitative estimate of drug-likeness (QED) is 0.874. The molecule has 0 saturated heterocycles. The number of hydrogen-bond donors (Lipinski definition) is 2. The van der Waals surface area contributed by atoms with Crippen molar-refractivity contribution >= 4 is 28.2 Å². The number of anilines is 1. The van der Waals surface area contributed by atoms with Crippen molar-refractivity contribution in [3.8, 4) is 0 Å². The Bertz CT molecular complexity index is 720. The molecule has 2 N–H and O–H groups in total. The molecule has 0 spiro atoms. The van der Waals surface area contributed by atoms with E-state index in [0.717, 1.165) is 29.0 Å². The summed E-state index contributed by atoms with van der Waals surface area (Å²) in [5, 5.41) is 6.67. The molecule has 1 heterocycles. The Morgan fingerprint density at radius 3 is 2.57 bits per heavy atom. The zero-order valence-corrected chi connectivity index (χ0v) is 14.1. The van der Waals surface area contributed by atoms with E-state index >= 15 is 0 Å². The number of aryl methyl sites for hydroxylation is 1. The van der Waals surface area contributed by atoms with Crippen LogP contribution in [0.15, 0.2) is 36.4 Å². The molecular formula is C18H20N2O2S. The first-order valence-electron chi connectivity index (χ1n) is 7.81. The van der Waals surface area contributed by atoms with E-state index in [4.69, 9.17) is 0 Å². The van der Waals surface area contributed by atoms with Crippen molar-refractivity contribution in [3.05, 3.63) is 52.4 Å². The zero-order chi connectivity index (χ0) is 16.4. The minimum atomic E-state index is -0.101. The van der Waals surface area contributed by atoms with Gasteiger partial charge in [-0.05, 0) is 43.9 Å². The molecule has 3 rings (SSSR count). The van der Waals surface area contributed by atoms with E-state index in [1.165, 1.54) is 11.3 Å². The third-order valence-corrected chi connectivity index (χ3v) is 5.12. The summed E-state index contributed by atoms with van der Waals surface area (Å²) < 4.78 is 0. The van der Waals surface area contributed by atoms with Crippen LogP contribution in [0.2, 0.25) is 0 Å². The Labute approximate surface area is 139 Å². The molecular weight excluding hydrogens is 308 g/mol. The second-order valence-electron chi connectivity index (χ2n) is 5.99. The minimum Gasteiger partial charge on any atom is -0.345 e. The molecule has 23 heavy (non-hydrogen) atoms. The first kappa shape index (κ1) is 15.7. The van der Waals surface area contributed by atoms with Crippen molar-refractivity contribution < 1.29 is 9.59 Å². The summed E-state index contributed by atoms with van der Waals surface area (Å²) in [7, 11) is 0. The predicted octanol–water partition coefficient (Wildman–Crippen LogP) is 3.90. The van der Waals surface area contributed by atoms with Gasteiger partial charge in [0.2, 0.25) is 5.91 Å². The lowest BCUT2D eigenvalue weighted by Crippen LogP contribution is -2.26. The molecule has 5 heteroatoms. The van der Waals surface area contributed by atoms with Crippen LogP contribution in [0.5, 0.6) is 0 Å². The highest BCUT2D eigenvalue weighted by Crippen LogP contribution is 2.33. The molecule has 1 fully saturated rings. The Balaban J connectivity index is 1.67. The number of carbonyl (C=O) groups excluding carboxylic acids is 2. The van der Waals surface area contributed by atoms with Crippen LogP contribution in [0.25, 0.3) is 0 Å². The van der Waals surface area contributed by atoms with Gasteiger partial charge in [-0.15, -0.1) is 11.3 Å². The Morgan fingerprint density at radius 1 is 1.22 bits per heavy atom. The minimum absolute atomic E-state index is 0.0605. The molecule has 120 valence electrons. The van der Waals surface area contributed by atoms with E-state index in [-0.39, 0.29) is 23.8 Å². The van der Waals surface area contributed by atoms with E-state index in [2.05, 4.69) is 10.6 Å². The molecule has 1 saturated carbocycles. The van der Waals surface area contributed by atoms with Crippen molar-refractivity contribution in [1.29, 1.82) is 0 Å². The maximum Gasteiger partial charge on any atom is 0.262 e. The topological polar surface area (TPSA) is 58.2 Å². The van der Waals surface area contributed by atoms with Gasteiger partial charge in [0, 0.05) is 5.92 Å². The highest BCUT2D eigenvalue weighted by molar-refractivity contribution is 7.18. The van der Waals surface area contributed by atoms with Gasteiger partial charge in [-0.25, -0.2) is 0 Å². The Hall–Kier alpha value is -2.14.